The van der Waals surface area contributed by atoms with Crippen LogP contribution < -0.4 is 4.74 Å². The predicted octanol–water partition coefficient (Wildman–Crippen LogP) is 8.88. The Hall–Kier alpha value is -1.64. The Labute approximate surface area is 188 Å². The van der Waals surface area contributed by atoms with E-state index in [2.05, 4.69) is 25.2 Å². The Morgan fingerprint density at radius 3 is 2.39 bits per heavy atom. The van der Waals surface area contributed by atoms with Crippen molar-refractivity contribution in [2.75, 3.05) is 7.11 Å². The lowest BCUT2D eigenvalue weighted by molar-refractivity contribution is 0.190. The van der Waals surface area contributed by atoms with E-state index in [0.29, 0.717) is 11.5 Å². The lowest BCUT2D eigenvalue weighted by atomic mass is 9.70. The fourth-order valence-corrected chi connectivity index (χ4v) is 5.49. The van der Waals surface area contributed by atoms with Crippen LogP contribution in [0.3, 0.4) is 0 Å². The van der Waals surface area contributed by atoms with Crippen LogP contribution in [0.2, 0.25) is 0 Å². The van der Waals surface area contributed by atoms with Crippen LogP contribution in [-0.2, 0) is 0 Å². The molecule has 1 unspecified atom stereocenters. The van der Waals surface area contributed by atoms with E-state index in [1.54, 1.807) is 6.07 Å². The third-order valence-electron chi connectivity index (χ3n) is 7.50. The molecule has 2 aliphatic carbocycles. The summed E-state index contributed by atoms with van der Waals surface area (Å²) < 4.78 is 33.4. The van der Waals surface area contributed by atoms with Crippen LogP contribution in [0, 0.1) is 29.4 Å². The minimum atomic E-state index is -0.878. The van der Waals surface area contributed by atoms with E-state index in [1.807, 2.05) is 0 Å². The number of methoxy groups -OCH3 is 1. The largest absolute Gasteiger partial charge is 0.494 e. The van der Waals surface area contributed by atoms with E-state index in [-0.39, 0.29) is 5.75 Å². The molecule has 1 fully saturated rings. The maximum atomic E-state index is 14.4. The van der Waals surface area contributed by atoms with Gasteiger partial charge in [0.05, 0.1) is 7.11 Å². The first-order chi connectivity index (χ1) is 15.1. The molecule has 1 aromatic carbocycles. The van der Waals surface area contributed by atoms with Gasteiger partial charge in [-0.05, 0) is 93.2 Å². The van der Waals surface area contributed by atoms with Gasteiger partial charge < -0.3 is 4.74 Å². The third kappa shape index (κ3) is 6.67. The van der Waals surface area contributed by atoms with Crippen molar-refractivity contribution < 1.29 is 13.5 Å². The van der Waals surface area contributed by atoms with E-state index in [9.17, 15) is 8.78 Å². The molecule has 172 valence electrons. The summed E-state index contributed by atoms with van der Waals surface area (Å²) in [5.41, 5.74) is 1.36. The SMILES string of the molecule is CCCCCC=CCCC1CCC(C2CC=C(c3ccc(OC)c(F)c3F)CC2)CC1. The molecule has 0 spiro atoms. The van der Waals surface area contributed by atoms with Gasteiger partial charge in [0, 0.05) is 5.56 Å². The van der Waals surface area contributed by atoms with E-state index < -0.39 is 11.6 Å². The molecule has 1 aromatic rings. The molecule has 0 aromatic heterocycles. The molecule has 0 heterocycles. The zero-order chi connectivity index (χ0) is 22.1. The van der Waals surface area contributed by atoms with Crippen molar-refractivity contribution in [3.63, 3.8) is 0 Å². The first-order valence-corrected chi connectivity index (χ1v) is 12.5. The van der Waals surface area contributed by atoms with Crippen molar-refractivity contribution in [1.29, 1.82) is 0 Å². The second-order valence-electron chi connectivity index (χ2n) is 9.53. The number of rotatable bonds is 10. The minimum absolute atomic E-state index is 0.0284. The Morgan fingerprint density at radius 1 is 0.935 bits per heavy atom. The van der Waals surface area contributed by atoms with Crippen LogP contribution in [-0.4, -0.2) is 7.11 Å². The van der Waals surface area contributed by atoms with Crippen LogP contribution in [0.1, 0.15) is 96.0 Å². The van der Waals surface area contributed by atoms with Crippen molar-refractivity contribution in [3.8, 4) is 5.75 Å². The van der Waals surface area contributed by atoms with Gasteiger partial charge in [0.2, 0.25) is 5.82 Å². The second kappa shape index (κ2) is 12.4. The van der Waals surface area contributed by atoms with Crippen molar-refractivity contribution >= 4 is 5.57 Å². The summed E-state index contributed by atoms with van der Waals surface area (Å²) in [4.78, 5) is 0. The normalized spacial score (nSPS) is 24.4. The maximum absolute atomic E-state index is 14.4. The van der Waals surface area contributed by atoms with E-state index in [1.165, 1.54) is 77.4 Å². The number of hydrogen-bond donors (Lipinski definition) is 0. The maximum Gasteiger partial charge on any atom is 0.201 e. The molecule has 0 bridgehead atoms. The molecular formula is C28H40F2O. The molecule has 31 heavy (non-hydrogen) atoms. The molecule has 2 aliphatic rings. The summed E-state index contributed by atoms with van der Waals surface area (Å²) in [5.74, 6) is 0.716. The van der Waals surface area contributed by atoms with E-state index in [0.717, 1.165) is 36.7 Å². The lowest BCUT2D eigenvalue weighted by Crippen LogP contribution is -2.23. The van der Waals surface area contributed by atoms with Crippen molar-refractivity contribution in [2.24, 2.45) is 17.8 Å². The first-order valence-electron chi connectivity index (χ1n) is 12.5. The van der Waals surface area contributed by atoms with Gasteiger partial charge >= 0.3 is 0 Å². The zero-order valence-electron chi connectivity index (χ0n) is 19.5. The third-order valence-corrected chi connectivity index (χ3v) is 7.50. The summed E-state index contributed by atoms with van der Waals surface area (Å²) >= 11 is 0. The van der Waals surface area contributed by atoms with Gasteiger partial charge in [0.1, 0.15) is 0 Å². The highest BCUT2D eigenvalue weighted by molar-refractivity contribution is 5.67. The van der Waals surface area contributed by atoms with Crippen molar-refractivity contribution in [2.45, 2.75) is 90.4 Å². The van der Waals surface area contributed by atoms with Crippen LogP contribution in [0.5, 0.6) is 5.75 Å². The summed E-state index contributed by atoms with van der Waals surface area (Å²) in [5, 5.41) is 0. The topological polar surface area (TPSA) is 9.23 Å². The number of benzene rings is 1. The van der Waals surface area contributed by atoms with Gasteiger partial charge in [-0.1, -0.05) is 50.8 Å². The Bertz CT molecular complexity index is 744. The molecule has 1 atom stereocenters. The summed E-state index contributed by atoms with van der Waals surface area (Å²) in [7, 11) is 1.36. The van der Waals surface area contributed by atoms with Gasteiger partial charge in [0.25, 0.3) is 0 Å². The number of halogens is 2. The highest BCUT2D eigenvalue weighted by Crippen LogP contribution is 2.42. The monoisotopic (exact) mass is 430 g/mol. The fourth-order valence-electron chi connectivity index (χ4n) is 5.49. The van der Waals surface area contributed by atoms with Gasteiger partial charge in [-0.25, -0.2) is 4.39 Å². The molecule has 1 nitrogen and oxygen atoms in total. The van der Waals surface area contributed by atoms with Gasteiger partial charge in [-0.15, -0.1) is 0 Å². The summed E-state index contributed by atoms with van der Waals surface area (Å²) in [6.07, 6.45) is 23.1. The van der Waals surface area contributed by atoms with E-state index >= 15 is 0 Å². The standard InChI is InChI=1S/C28H40F2O/c1-3-4-5-6-7-8-9-10-21-11-13-22(14-12-21)23-15-17-24(18-16-23)25-19-20-26(31-2)28(30)27(25)29/h7-8,17,19-23H,3-6,9-16,18H2,1-2H3. The highest BCUT2D eigenvalue weighted by Gasteiger charge is 2.29. The van der Waals surface area contributed by atoms with Crippen molar-refractivity contribution in [1.82, 2.24) is 0 Å². The zero-order valence-corrected chi connectivity index (χ0v) is 19.5. The highest BCUT2D eigenvalue weighted by atomic mass is 19.2. The molecular weight excluding hydrogens is 390 g/mol. The average Bonchev–Trinajstić information content (AvgIpc) is 2.81. The molecule has 0 saturated heterocycles. The first kappa shape index (κ1) is 24.0. The van der Waals surface area contributed by atoms with E-state index in [4.69, 9.17) is 4.74 Å². The molecule has 3 rings (SSSR count). The van der Waals surface area contributed by atoms with Gasteiger partial charge in [0.15, 0.2) is 11.6 Å². The number of ether oxygens (including phenoxy) is 1. The smallest absolute Gasteiger partial charge is 0.201 e. The number of allylic oxidation sites excluding steroid dienone is 4. The summed E-state index contributed by atoms with van der Waals surface area (Å²) in [6.45, 7) is 2.25. The lowest BCUT2D eigenvalue weighted by Gasteiger charge is -2.35. The predicted molar refractivity (Wildman–Crippen MR) is 126 cm³/mol. The molecule has 3 heteroatoms. The fraction of sp³-hybridized carbons (Fsp3) is 0.643. The van der Waals surface area contributed by atoms with Crippen LogP contribution in [0.15, 0.2) is 30.4 Å². The molecule has 0 N–H and O–H groups in total. The molecule has 0 aliphatic heterocycles. The van der Waals surface area contributed by atoms with Crippen LogP contribution in [0.25, 0.3) is 5.57 Å². The molecule has 0 amide bonds. The van der Waals surface area contributed by atoms with Gasteiger partial charge in [-0.2, -0.15) is 4.39 Å². The number of unbranched alkanes of at least 4 members (excludes halogenated alkanes) is 3. The quantitative estimate of drug-likeness (QED) is 0.266. The van der Waals surface area contributed by atoms with Crippen LogP contribution in [0.4, 0.5) is 8.78 Å². The minimum Gasteiger partial charge on any atom is -0.494 e. The molecule has 0 radical (unpaired) electrons. The number of hydrogen-bond acceptors (Lipinski definition) is 1. The molecule has 1 saturated carbocycles. The summed E-state index contributed by atoms with van der Waals surface area (Å²) in [6, 6.07) is 3.19. The second-order valence-corrected chi connectivity index (χ2v) is 9.53. The van der Waals surface area contributed by atoms with Crippen molar-refractivity contribution in [3.05, 3.63) is 47.6 Å². The Morgan fingerprint density at radius 2 is 1.71 bits per heavy atom. The van der Waals surface area contributed by atoms with Gasteiger partial charge in [-0.3, -0.25) is 0 Å². The van der Waals surface area contributed by atoms with Crippen LogP contribution >= 0.6 is 0 Å². The average molecular weight is 431 g/mol. The Kier molecular flexibility index (Phi) is 9.61. The Balaban J connectivity index is 1.42.